The zero-order valence-corrected chi connectivity index (χ0v) is 16.5. The summed E-state index contributed by atoms with van der Waals surface area (Å²) < 4.78 is 57.8. The molecule has 0 saturated heterocycles. The van der Waals surface area contributed by atoms with Crippen LogP contribution in [0.1, 0.15) is 38.1 Å². The minimum absolute atomic E-state index is 0.0204. The number of rotatable bonds is 7. The van der Waals surface area contributed by atoms with Gasteiger partial charge in [0.15, 0.2) is 0 Å². The van der Waals surface area contributed by atoms with Crippen LogP contribution in [0.3, 0.4) is 0 Å². The fourth-order valence-corrected chi connectivity index (χ4v) is 3.85. The summed E-state index contributed by atoms with van der Waals surface area (Å²) in [5, 5.41) is 9.28. The predicted octanol–water partition coefficient (Wildman–Crippen LogP) is 2.73. The number of carbonyl (C=O) groups excluding carboxylic acids is 2. The number of halogens is 2. The Morgan fingerprint density at radius 1 is 1.21 bits per heavy atom. The molecule has 0 amide bonds. The van der Waals surface area contributed by atoms with Gasteiger partial charge in [0.25, 0.3) is 0 Å². The van der Waals surface area contributed by atoms with Crippen molar-refractivity contribution in [1.29, 1.82) is 5.26 Å². The summed E-state index contributed by atoms with van der Waals surface area (Å²) in [5.41, 5.74) is 5.66. The number of ether oxygens (including phenoxy) is 2. The first-order chi connectivity index (χ1) is 13.6. The van der Waals surface area contributed by atoms with Crippen molar-refractivity contribution in [3.63, 3.8) is 0 Å². The van der Waals surface area contributed by atoms with Gasteiger partial charge in [-0.05, 0) is 31.2 Å². The molecule has 1 aromatic heterocycles. The molecule has 154 valence electrons. The van der Waals surface area contributed by atoms with Crippen LogP contribution in [0, 0.1) is 11.3 Å². The molecule has 12 heteroatoms. The lowest BCUT2D eigenvalue weighted by Gasteiger charge is -2.08. The highest BCUT2D eigenvalue weighted by Crippen LogP contribution is 2.32. The number of thiophene rings is 1. The van der Waals surface area contributed by atoms with E-state index in [0.717, 1.165) is 35.6 Å². The van der Waals surface area contributed by atoms with Gasteiger partial charge in [0.2, 0.25) is 9.84 Å². The molecule has 0 fully saturated rings. The van der Waals surface area contributed by atoms with Crippen LogP contribution in [0.5, 0.6) is 0 Å². The lowest BCUT2D eigenvalue weighted by atomic mass is 10.1. The molecule has 2 aromatic rings. The maximum Gasteiger partial charge on any atom is 0.348 e. The summed E-state index contributed by atoms with van der Waals surface area (Å²) in [5.74, 6) is -5.23. The third kappa shape index (κ3) is 4.69. The SMILES string of the molecule is CCOC(=O)c1sc(N)c(C#N)c1COC(=O)c1ccc(S(=O)(=O)C(F)F)cc1. The van der Waals surface area contributed by atoms with Crippen molar-refractivity contribution < 1.29 is 36.3 Å². The summed E-state index contributed by atoms with van der Waals surface area (Å²) in [6.45, 7) is 1.21. The highest BCUT2D eigenvalue weighted by atomic mass is 32.2. The van der Waals surface area contributed by atoms with Crippen molar-refractivity contribution in [1.82, 2.24) is 0 Å². The second kappa shape index (κ2) is 8.97. The van der Waals surface area contributed by atoms with Crippen molar-refractivity contribution in [2.75, 3.05) is 12.3 Å². The molecule has 0 spiro atoms. The Kier molecular flexibility index (Phi) is 6.89. The first-order valence-corrected chi connectivity index (χ1v) is 10.3. The van der Waals surface area contributed by atoms with Gasteiger partial charge in [0.05, 0.1) is 22.6 Å². The maximum atomic E-state index is 12.5. The number of hydrogen-bond donors (Lipinski definition) is 1. The third-order valence-corrected chi connectivity index (χ3v) is 6.05. The van der Waals surface area contributed by atoms with Crippen LogP contribution in [0.15, 0.2) is 29.2 Å². The fraction of sp³-hybridized carbons (Fsp3) is 0.235. The van der Waals surface area contributed by atoms with E-state index in [4.69, 9.17) is 15.2 Å². The molecule has 0 unspecified atom stereocenters. The van der Waals surface area contributed by atoms with Crippen molar-refractivity contribution in [3.8, 4) is 6.07 Å². The molecule has 0 radical (unpaired) electrons. The Bertz CT molecular complexity index is 1070. The van der Waals surface area contributed by atoms with E-state index >= 15 is 0 Å². The molecule has 1 heterocycles. The van der Waals surface area contributed by atoms with Gasteiger partial charge in [-0.3, -0.25) is 0 Å². The minimum atomic E-state index is -4.79. The van der Waals surface area contributed by atoms with Crippen LogP contribution >= 0.6 is 11.3 Å². The number of alkyl halides is 2. The first-order valence-electron chi connectivity index (χ1n) is 7.91. The molecular weight excluding hydrogens is 430 g/mol. The summed E-state index contributed by atoms with van der Waals surface area (Å²) in [4.78, 5) is 23.6. The van der Waals surface area contributed by atoms with Crippen LogP contribution in [0.25, 0.3) is 0 Å². The lowest BCUT2D eigenvalue weighted by molar-refractivity contribution is 0.0452. The predicted molar refractivity (Wildman–Crippen MR) is 98.2 cm³/mol. The molecular formula is C17H14F2N2O6S2. The lowest BCUT2D eigenvalue weighted by Crippen LogP contribution is -2.12. The zero-order chi connectivity index (χ0) is 21.8. The standard InChI is InChI=1S/C17H14F2N2O6S2/c1-2-26-16(23)13-12(11(7-20)14(21)28-13)8-27-15(22)9-3-5-10(6-4-9)29(24,25)17(18)19/h3-6,17H,2,8,21H2,1H3. The van der Waals surface area contributed by atoms with E-state index in [-0.39, 0.29) is 33.2 Å². The van der Waals surface area contributed by atoms with Crippen LogP contribution in [-0.2, 0) is 25.9 Å². The Labute approximate surface area is 168 Å². The second-order valence-corrected chi connectivity index (χ2v) is 8.36. The summed E-state index contributed by atoms with van der Waals surface area (Å²) in [7, 11) is -4.79. The number of carbonyl (C=O) groups is 2. The fourth-order valence-electron chi connectivity index (χ4n) is 2.21. The molecule has 0 saturated carbocycles. The average molecular weight is 444 g/mol. The van der Waals surface area contributed by atoms with E-state index in [1.165, 1.54) is 0 Å². The summed E-state index contributed by atoms with van der Waals surface area (Å²) in [6.07, 6.45) is 0. The van der Waals surface area contributed by atoms with Crippen LogP contribution < -0.4 is 5.73 Å². The highest BCUT2D eigenvalue weighted by molar-refractivity contribution is 7.91. The molecule has 2 rings (SSSR count). The van der Waals surface area contributed by atoms with Gasteiger partial charge in [-0.25, -0.2) is 18.0 Å². The number of nitrogen functional groups attached to an aromatic ring is 1. The molecule has 29 heavy (non-hydrogen) atoms. The largest absolute Gasteiger partial charge is 0.462 e. The Hall–Kier alpha value is -3.04. The number of hydrogen-bond acceptors (Lipinski definition) is 9. The number of nitrogens with two attached hydrogens (primary N) is 1. The van der Waals surface area contributed by atoms with Gasteiger partial charge in [0.1, 0.15) is 22.6 Å². The summed E-state index contributed by atoms with van der Waals surface area (Å²) in [6, 6.07) is 5.56. The maximum absolute atomic E-state index is 12.5. The van der Waals surface area contributed by atoms with E-state index in [9.17, 15) is 32.0 Å². The van der Waals surface area contributed by atoms with Crippen LogP contribution in [0.4, 0.5) is 13.8 Å². The molecule has 2 N–H and O–H groups in total. The molecule has 8 nitrogen and oxygen atoms in total. The van der Waals surface area contributed by atoms with Gasteiger partial charge < -0.3 is 15.2 Å². The highest BCUT2D eigenvalue weighted by Gasteiger charge is 2.27. The van der Waals surface area contributed by atoms with Gasteiger partial charge in [-0.2, -0.15) is 14.0 Å². The molecule has 0 aliphatic carbocycles. The van der Waals surface area contributed by atoms with E-state index < -0.39 is 39.0 Å². The first kappa shape index (κ1) is 22.3. The van der Waals surface area contributed by atoms with E-state index in [1.807, 2.05) is 6.07 Å². The number of nitriles is 1. The Balaban J connectivity index is 2.21. The molecule has 1 aromatic carbocycles. The van der Waals surface area contributed by atoms with Crippen molar-refractivity contribution in [2.45, 2.75) is 24.2 Å². The molecule has 0 aliphatic heterocycles. The van der Waals surface area contributed by atoms with Crippen molar-refractivity contribution in [3.05, 3.63) is 45.8 Å². The number of esters is 2. The van der Waals surface area contributed by atoms with E-state index in [1.54, 1.807) is 6.92 Å². The molecule has 0 atom stereocenters. The van der Waals surface area contributed by atoms with Gasteiger partial charge in [-0.1, -0.05) is 0 Å². The Morgan fingerprint density at radius 3 is 2.34 bits per heavy atom. The monoisotopic (exact) mass is 444 g/mol. The second-order valence-electron chi connectivity index (χ2n) is 5.39. The topological polar surface area (TPSA) is 137 Å². The van der Waals surface area contributed by atoms with Gasteiger partial charge in [-0.15, -0.1) is 11.3 Å². The molecule has 0 bridgehead atoms. The van der Waals surface area contributed by atoms with E-state index in [2.05, 4.69) is 0 Å². The smallest absolute Gasteiger partial charge is 0.348 e. The summed E-state index contributed by atoms with van der Waals surface area (Å²) >= 11 is 0.820. The van der Waals surface area contributed by atoms with Crippen LogP contribution in [0.2, 0.25) is 0 Å². The zero-order valence-electron chi connectivity index (χ0n) is 14.8. The van der Waals surface area contributed by atoms with Crippen LogP contribution in [-0.4, -0.2) is 32.7 Å². The van der Waals surface area contributed by atoms with E-state index in [0.29, 0.717) is 0 Å². The number of benzene rings is 1. The number of nitrogens with zero attached hydrogens (tertiary/aromatic N) is 1. The average Bonchev–Trinajstić information content (AvgIpc) is 3.01. The van der Waals surface area contributed by atoms with Gasteiger partial charge in [0, 0.05) is 5.56 Å². The number of sulfone groups is 1. The van der Waals surface area contributed by atoms with Gasteiger partial charge >= 0.3 is 17.7 Å². The number of anilines is 1. The van der Waals surface area contributed by atoms with Crippen molar-refractivity contribution >= 4 is 38.1 Å². The molecule has 0 aliphatic rings. The quantitative estimate of drug-likeness (QED) is 0.644. The van der Waals surface area contributed by atoms with Crippen molar-refractivity contribution in [2.24, 2.45) is 0 Å². The Morgan fingerprint density at radius 2 is 1.83 bits per heavy atom. The third-order valence-electron chi connectivity index (χ3n) is 3.61. The minimum Gasteiger partial charge on any atom is -0.462 e. The normalized spacial score (nSPS) is 11.1.